The fourth-order valence-corrected chi connectivity index (χ4v) is 2.39. The summed E-state index contributed by atoms with van der Waals surface area (Å²) in [5, 5.41) is 2.65. The van der Waals surface area contributed by atoms with Crippen molar-refractivity contribution in [2.45, 2.75) is 18.3 Å². The van der Waals surface area contributed by atoms with E-state index in [2.05, 4.69) is 5.32 Å². The van der Waals surface area contributed by atoms with Crippen LogP contribution in [0.3, 0.4) is 0 Å². The maximum Gasteiger partial charge on any atom is 0.416 e. The van der Waals surface area contributed by atoms with Crippen LogP contribution in [0, 0.1) is 0 Å². The van der Waals surface area contributed by atoms with Crippen LogP contribution in [-0.4, -0.2) is 19.6 Å². The SMILES string of the molecule is COC[C@@H](NC(=O)[C@@H](N)c1ccccc1)c1cccc(C(F)(F)F)c1. The van der Waals surface area contributed by atoms with E-state index in [1.54, 1.807) is 30.3 Å². The Bertz CT molecular complexity index is 705. The summed E-state index contributed by atoms with van der Waals surface area (Å²) in [5.41, 5.74) is 6.05. The van der Waals surface area contributed by atoms with E-state index in [4.69, 9.17) is 10.5 Å². The maximum absolute atomic E-state index is 12.9. The van der Waals surface area contributed by atoms with Gasteiger partial charge >= 0.3 is 6.18 Å². The van der Waals surface area contributed by atoms with Gasteiger partial charge in [0.1, 0.15) is 6.04 Å². The Morgan fingerprint density at radius 3 is 2.36 bits per heavy atom. The lowest BCUT2D eigenvalue weighted by molar-refractivity contribution is -0.137. The number of nitrogens with two attached hydrogens (primary N) is 1. The van der Waals surface area contributed by atoms with Crippen molar-refractivity contribution in [3.8, 4) is 0 Å². The lowest BCUT2D eigenvalue weighted by Gasteiger charge is -2.22. The molecule has 25 heavy (non-hydrogen) atoms. The second kappa shape index (κ2) is 8.13. The smallest absolute Gasteiger partial charge is 0.382 e. The predicted molar refractivity (Wildman–Crippen MR) is 87.6 cm³/mol. The topological polar surface area (TPSA) is 64.3 Å². The molecule has 0 heterocycles. The van der Waals surface area contributed by atoms with Crippen LogP contribution in [0.1, 0.15) is 28.8 Å². The molecule has 0 spiro atoms. The molecule has 2 rings (SSSR count). The van der Waals surface area contributed by atoms with Crippen molar-refractivity contribution in [3.05, 3.63) is 71.3 Å². The average molecular weight is 352 g/mol. The summed E-state index contributed by atoms with van der Waals surface area (Å²) in [6, 6.07) is 11.8. The standard InChI is InChI=1S/C18H19F3N2O2/c1-25-11-15(13-8-5-9-14(10-13)18(19,20)21)23-17(24)16(22)12-6-3-2-4-7-12/h2-10,15-16H,11,22H2,1H3,(H,23,24)/t15-,16+/m1/s1. The molecular formula is C18H19F3N2O2. The Kier molecular flexibility index (Phi) is 6.17. The second-order valence-electron chi connectivity index (χ2n) is 5.53. The number of carbonyl (C=O) groups excluding carboxylic acids is 1. The number of hydrogen-bond acceptors (Lipinski definition) is 3. The van der Waals surface area contributed by atoms with Crippen molar-refractivity contribution in [1.29, 1.82) is 0 Å². The van der Waals surface area contributed by atoms with Gasteiger partial charge in [-0.15, -0.1) is 0 Å². The molecule has 0 fully saturated rings. The Morgan fingerprint density at radius 2 is 1.76 bits per heavy atom. The van der Waals surface area contributed by atoms with E-state index in [0.29, 0.717) is 11.1 Å². The molecule has 0 aliphatic carbocycles. The molecule has 0 radical (unpaired) electrons. The van der Waals surface area contributed by atoms with Crippen molar-refractivity contribution < 1.29 is 22.7 Å². The van der Waals surface area contributed by atoms with E-state index in [9.17, 15) is 18.0 Å². The average Bonchev–Trinajstić information content (AvgIpc) is 2.60. The summed E-state index contributed by atoms with van der Waals surface area (Å²) >= 11 is 0. The Labute approximate surface area is 143 Å². The highest BCUT2D eigenvalue weighted by molar-refractivity contribution is 5.83. The van der Waals surface area contributed by atoms with Crippen molar-refractivity contribution in [2.24, 2.45) is 5.73 Å². The van der Waals surface area contributed by atoms with E-state index in [1.165, 1.54) is 19.2 Å². The van der Waals surface area contributed by atoms with Gasteiger partial charge in [-0.2, -0.15) is 13.2 Å². The Hall–Kier alpha value is -2.38. The zero-order valence-electron chi connectivity index (χ0n) is 13.6. The van der Waals surface area contributed by atoms with Crippen molar-refractivity contribution >= 4 is 5.91 Å². The normalized spacial score (nSPS) is 14.0. The minimum Gasteiger partial charge on any atom is -0.382 e. The highest BCUT2D eigenvalue weighted by Gasteiger charge is 2.31. The number of nitrogens with one attached hydrogen (secondary N) is 1. The van der Waals surface area contributed by atoms with Crippen LogP contribution < -0.4 is 11.1 Å². The van der Waals surface area contributed by atoms with Gasteiger partial charge in [0, 0.05) is 7.11 Å². The van der Waals surface area contributed by atoms with Gasteiger partial charge in [0.05, 0.1) is 18.2 Å². The van der Waals surface area contributed by atoms with Gasteiger partial charge in [-0.25, -0.2) is 0 Å². The van der Waals surface area contributed by atoms with E-state index in [-0.39, 0.29) is 6.61 Å². The second-order valence-corrected chi connectivity index (χ2v) is 5.53. The number of halogens is 3. The lowest BCUT2D eigenvalue weighted by Crippen LogP contribution is -2.38. The number of ether oxygens (including phenoxy) is 1. The fourth-order valence-electron chi connectivity index (χ4n) is 2.39. The van der Waals surface area contributed by atoms with Crippen LogP contribution in [0.25, 0.3) is 0 Å². The molecule has 0 aliphatic rings. The molecule has 4 nitrogen and oxygen atoms in total. The summed E-state index contributed by atoms with van der Waals surface area (Å²) in [6.07, 6.45) is -4.46. The third kappa shape index (κ3) is 5.04. The highest BCUT2D eigenvalue weighted by Crippen LogP contribution is 2.31. The number of alkyl halides is 3. The van der Waals surface area contributed by atoms with Crippen LogP contribution in [0.2, 0.25) is 0 Å². The van der Waals surface area contributed by atoms with Crippen LogP contribution >= 0.6 is 0 Å². The van der Waals surface area contributed by atoms with Gasteiger partial charge in [0.2, 0.25) is 5.91 Å². The first-order chi connectivity index (χ1) is 11.8. The third-order valence-corrected chi connectivity index (χ3v) is 3.71. The lowest BCUT2D eigenvalue weighted by atomic mass is 10.0. The van der Waals surface area contributed by atoms with Crippen LogP contribution in [0.15, 0.2) is 54.6 Å². The van der Waals surface area contributed by atoms with Gasteiger partial charge in [-0.05, 0) is 23.3 Å². The van der Waals surface area contributed by atoms with E-state index >= 15 is 0 Å². The quantitative estimate of drug-likeness (QED) is 0.839. The first-order valence-corrected chi connectivity index (χ1v) is 7.60. The van der Waals surface area contributed by atoms with E-state index < -0.39 is 29.7 Å². The molecule has 0 saturated heterocycles. The number of amides is 1. The van der Waals surface area contributed by atoms with E-state index in [1.807, 2.05) is 0 Å². The van der Waals surface area contributed by atoms with Gasteiger partial charge in [-0.3, -0.25) is 4.79 Å². The molecule has 1 amide bonds. The number of rotatable bonds is 6. The molecule has 0 aliphatic heterocycles. The molecule has 0 saturated carbocycles. The zero-order chi connectivity index (χ0) is 18.4. The summed E-state index contributed by atoms with van der Waals surface area (Å²) in [4.78, 5) is 12.4. The van der Waals surface area contributed by atoms with Gasteiger partial charge in [-0.1, -0.05) is 42.5 Å². The molecule has 0 bridgehead atoms. The number of methoxy groups -OCH3 is 1. The minimum atomic E-state index is -4.46. The number of carbonyl (C=O) groups is 1. The van der Waals surface area contributed by atoms with Crippen LogP contribution in [0.5, 0.6) is 0 Å². The van der Waals surface area contributed by atoms with Crippen molar-refractivity contribution in [3.63, 3.8) is 0 Å². The maximum atomic E-state index is 12.9. The Balaban J connectivity index is 2.20. The highest BCUT2D eigenvalue weighted by atomic mass is 19.4. The van der Waals surface area contributed by atoms with E-state index in [0.717, 1.165) is 12.1 Å². The third-order valence-electron chi connectivity index (χ3n) is 3.71. The summed E-state index contributed by atoms with van der Waals surface area (Å²) in [5.74, 6) is -0.495. The molecule has 7 heteroatoms. The van der Waals surface area contributed by atoms with Gasteiger partial charge < -0.3 is 15.8 Å². The van der Waals surface area contributed by atoms with Gasteiger partial charge in [0.15, 0.2) is 0 Å². The summed E-state index contributed by atoms with van der Waals surface area (Å²) < 4.78 is 43.7. The Morgan fingerprint density at radius 1 is 1.12 bits per heavy atom. The molecule has 134 valence electrons. The molecule has 2 aromatic rings. The number of benzene rings is 2. The van der Waals surface area contributed by atoms with Gasteiger partial charge in [0.25, 0.3) is 0 Å². The predicted octanol–water partition coefficient (Wildman–Crippen LogP) is 3.21. The molecule has 2 aromatic carbocycles. The summed E-state index contributed by atoms with van der Waals surface area (Å²) in [7, 11) is 1.41. The van der Waals surface area contributed by atoms with Crippen LogP contribution in [0.4, 0.5) is 13.2 Å². The molecular weight excluding hydrogens is 333 g/mol. The number of hydrogen-bond donors (Lipinski definition) is 2. The first-order valence-electron chi connectivity index (χ1n) is 7.60. The molecule has 0 unspecified atom stereocenters. The fraction of sp³-hybridized carbons (Fsp3) is 0.278. The monoisotopic (exact) mass is 352 g/mol. The minimum absolute atomic E-state index is 0.0224. The summed E-state index contributed by atoms with van der Waals surface area (Å²) in [6.45, 7) is 0.0224. The molecule has 2 atom stereocenters. The molecule has 3 N–H and O–H groups in total. The first kappa shape index (κ1) is 19.0. The largest absolute Gasteiger partial charge is 0.416 e. The van der Waals surface area contributed by atoms with Crippen LogP contribution in [-0.2, 0) is 15.7 Å². The molecule has 0 aromatic heterocycles. The zero-order valence-corrected chi connectivity index (χ0v) is 13.6. The van der Waals surface area contributed by atoms with Crippen molar-refractivity contribution in [1.82, 2.24) is 5.32 Å². The van der Waals surface area contributed by atoms with Crippen molar-refractivity contribution in [2.75, 3.05) is 13.7 Å².